The van der Waals surface area contributed by atoms with Crippen molar-refractivity contribution in [3.05, 3.63) is 242 Å². The van der Waals surface area contributed by atoms with Gasteiger partial charge in [0.05, 0.1) is 0 Å². The lowest BCUT2D eigenvalue weighted by Gasteiger charge is -2.09. The van der Waals surface area contributed by atoms with E-state index in [1.54, 1.807) is 18.4 Å². The molecule has 0 heterocycles. The fourth-order valence-electron chi connectivity index (χ4n) is 8.91. The number of aryl methyl sites for hydroxylation is 6. The first-order valence-electron chi connectivity index (χ1n) is 28.5. The Balaban J connectivity index is 0.000000228. The van der Waals surface area contributed by atoms with Crippen molar-refractivity contribution in [3.8, 4) is 57.1 Å². The molecule has 0 aliphatic carbocycles. The summed E-state index contributed by atoms with van der Waals surface area (Å²) in [5.41, 5.74) is 20.4. The molecule has 5 heteroatoms. The summed E-state index contributed by atoms with van der Waals surface area (Å²) in [4.78, 5) is 0. The van der Waals surface area contributed by atoms with Gasteiger partial charge in [-0.1, -0.05) is 234 Å². The number of hydrogen-bond donors (Lipinski definition) is 3. The van der Waals surface area contributed by atoms with E-state index in [2.05, 4.69) is 252 Å². The maximum atomic E-state index is 9.06. The maximum absolute atomic E-state index is 9.06. The second-order valence-corrected chi connectivity index (χ2v) is 20.6. The summed E-state index contributed by atoms with van der Waals surface area (Å²) in [5, 5.41) is 18.1. The van der Waals surface area contributed by atoms with Crippen LogP contribution in [0.25, 0.3) is 33.4 Å². The molecule has 0 aromatic heterocycles. The number of benzene rings is 8. The zero-order chi connectivity index (χ0) is 55.9. The molecule has 0 radical (unpaired) electrons. The van der Waals surface area contributed by atoms with Crippen LogP contribution in [0.4, 0.5) is 0 Å². The van der Waals surface area contributed by atoms with E-state index in [-0.39, 0.29) is 0 Å². The number of hydrogen-bond acceptors (Lipinski definition) is 3. The van der Waals surface area contributed by atoms with E-state index >= 15 is 0 Å². The van der Waals surface area contributed by atoms with Crippen LogP contribution in [0.3, 0.4) is 0 Å². The van der Waals surface area contributed by atoms with Crippen molar-refractivity contribution in [3.63, 3.8) is 0 Å². The molecule has 0 unspecified atom stereocenters. The summed E-state index contributed by atoms with van der Waals surface area (Å²) >= 11 is 7.04. The van der Waals surface area contributed by atoms with Gasteiger partial charge in [-0.05, 0) is 197 Å². The lowest BCUT2D eigenvalue weighted by molar-refractivity contribution is 0.426. The Kier molecular flexibility index (Phi) is 28.3. The fraction of sp³-hybridized carbons (Fsp3) is 0.288. The van der Waals surface area contributed by atoms with Gasteiger partial charge in [0.1, 0.15) is 0 Å². The Morgan fingerprint density at radius 1 is 0.359 bits per heavy atom. The summed E-state index contributed by atoms with van der Waals surface area (Å²) in [5.74, 6) is 13.4. The normalized spacial score (nSPS) is 10.2. The zero-order valence-corrected chi connectivity index (χ0v) is 50.0. The van der Waals surface area contributed by atoms with Crippen LogP contribution < -0.4 is 5.46 Å². The highest BCUT2D eigenvalue weighted by Crippen LogP contribution is 2.28. The summed E-state index contributed by atoms with van der Waals surface area (Å²) in [6, 6.07) is 64.2. The van der Waals surface area contributed by atoms with E-state index in [0.29, 0.717) is 5.46 Å². The number of halogens is 1. The first-order chi connectivity index (χ1) is 38.1. The SMILES string of the molecule is CCCCc1ccc(-c2ccc(B(O)O)cc2)cc1.CCCCc1ccc(C#Cc2ccc(-c3ccc(-c4ccc(CCCC)cc4)cc3)cc2CC)cc1.CCCCc1ccc(C#Cc2ccc(Br)cc2CC)cc1.CS. The molecule has 0 saturated carbocycles. The predicted octanol–water partition coefficient (Wildman–Crippen LogP) is 18.3. The van der Waals surface area contributed by atoms with Crippen LogP contribution in [0.5, 0.6) is 0 Å². The smallest absolute Gasteiger partial charge is 0.423 e. The van der Waals surface area contributed by atoms with Crippen LogP contribution in [0, 0.1) is 23.7 Å². The maximum Gasteiger partial charge on any atom is 0.488 e. The first kappa shape index (κ1) is 62.5. The van der Waals surface area contributed by atoms with Crippen molar-refractivity contribution in [1.82, 2.24) is 0 Å². The zero-order valence-electron chi connectivity index (χ0n) is 47.5. The van der Waals surface area contributed by atoms with E-state index in [0.717, 1.165) is 70.0 Å². The van der Waals surface area contributed by atoms with Crippen molar-refractivity contribution in [2.45, 2.75) is 131 Å². The van der Waals surface area contributed by atoms with Gasteiger partial charge in [0.2, 0.25) is 0 Å². The van der Waals surface area contributed by atoms with Crippen LogP contribution in [0.2, 0.25) is 0 Å². The predicted molar refractivity (Wildman–Crippen MR) is 346 cm³/mol. The number of thiol groups is 1. The molecule has 8 rings (SSSR count). The molecular weight excluding hydrogens is 1030 g/mol. The Labute approximate surface area is 484 Å². The summed E-state index contributed by atoms with van der Waals surface area (Å²) < 4.78 is 1.12. The van der Waals surface area contributed by atoms with E-state index in [9.17, 15) is 0 Å². The Bertz CT molecular complexity index is 3100. The molecule has 0 atom stereocenters. The van der Waals surface area contributed by atoms with E-state index in [1.807, 2.05) is 12.1 Å². The van der Waals surface area contributed by atoms with Gasteiger partial charge in [0.25, 0.3) is 0 Å². The Morgan fingerprint density at radius 3 is 1.00 bits per heavy atom. The highest BCUT2D eigenvalue weighted by Gasteiger charge is 2.10. The van der Waals surface area contributed by atoms with E-state index in [1.165, 1.54) is 113 Å². The van der Waals surface area contributed by atoms with Gasteiger partial charge in [-0.25, -0.2) is 0 Å². The average Bonchev–Trinajstić information content (AvgIpc) is 3.50. The van der Waals surface area contributed by atoms with Gasteiger partial charge in [0, 0.05) is 26.7 Å². The standard InChI is InChI=1S/C36H38.C20H21Br.C16H19BO2.CH4S/c1-4-7-9-28-11-13-30(14-12-28)17-18-32-25-26-36(27-31(32)6-3)35-23-21-34(22-24-35)33-19-15-29(16-20-33)10-8-5-2;1-3-5-6-16-7-9-17(10-8-16)11-12-19-13-14-20(21)15-18(19)4-2;1-2-3-4-13-5-7-14(8-6-13)15-9-11-16(12-10-15)17(18)19;1-2/h11-16,19-27H,4-10H2,1-3H3;7-10,13-15H,3-6H2,1-2H3;5-12,18-19H,2-4H2,1H3;2H,1H3. The van der Waals surface area contributed by atoms with E-state index < -0.39 is 7.12 Å². The number of rotatable bonds is 18. The highest BCUT2D eigenvalue weighted by molar-refractivity contribution is 9.10. The molecule has 0 fully saturated rings. The number of unbranched alkanes of at least 4 members (excludes halogenated alkanes) is 4. The quantitative estimate of drug-likeness (QED) is 0.0455. The van der Waals surface area contributed by atoms with Crippen LogP contribution in [0.15, 0.2) is 186 Å². The van der Waals surface area contributed by atoms with Crippen LogP contribution in [-0.4, -0.2) is 23.4 Å². The fourth-order valence-corrected chi connectivity index (χ4v) is 9.32. The molecule has 2 nitrogen and oxygen atoms in total. The Hall–Kier alpha value is -6.31. The van der Waals surface area contributed by atoms with Gasteiger partial charge in [-0.2, -0.15) is 12.6 Å². The molecule has 0 aliphatic heterocycles. The van der Waals surface area contributed by atoms with Crippen molar-refractivity contribution in [2.75, 3.05) is 6.26 Å². The molecule has 2 N–H and O–H groups in total. The molecule has 0 spiro atoms. The minimum atomic E-state index is -1.40. The van der Waals surface area contributed by atoms with Crippen molar-refractivity contribution in [2.24, 2.45) is 0 Å². The third-order valence-electron chi connectivity index (χ3n) is 13.8. The monoisotopic (exact) mass is 1110 g/mol. The minimum absolute atomic E-state index is 0.517. The van der Waals surface area contributed by atoms with Gasteiger partial charge >= 0.3 is 7.12 Å². The molecule has 0 aliphatic rings. The molecule has 78 heavy (non-hydrogen) atoms. The molecular formula is C73H82BBrO2S. The molecule has 0 amide bonds. The molecule has 402 valence electrons. The van der Waals surface area contributed by atoms with Crippen molar-refractivity contribution in [1.29, 1.82) is 0 Å². The van der Waals surface area contributed by atoms with Gasteiger partial charge in [0.15, 0.2) is 0 Å². The topological polar surface area (TPSA) is 40.5 Å². The molecule has 8 aromatic carbocycles. The minimum Gasteiger partial charge on any atom is -0.423 e. The van der Waals surface area contributed by atoms with E-state index in [4.69, 9.17) is 10.0 Å². The first-order valence-corrected chi connectivity index (χ1v) is 30.1. The second kappa shape index (κ2) is 35.3. The van der Waals surface area contributed by atoms with Crippen molar-refractivity contribution >= 4 is 41.1 Å². The van der Waals surface area contributed by atoms with Gasteiger partial charge in [-0.15, -0.1) is 0 Å². The van der Waals surface area contributed by atoms with Gasteiger partial charge in [-0.3, -0.25) is 0 Å². The van der Waals surface area contributed by atoms with Crippen LogP contribution >= 0.6 is 28.6 Å². The van der Waals surface area contributed by atoms with Gasteiger partial charge < -0.3 is 10.0 Å². The average molecular weight is 1110 g/mol. The highest BCUT2D eigenvalue weighted by atomic mass is 79.9. The third kappa shape index (κ3) is 20.8. The third-order valence-corrected chi connectivity index (χ3v) is 14.3. The van der Waals surface area contributed by atoms with Crippen LogP contribution in [0.1, 0.15) is 149 Å². The largest absolute Gasteiger partial charge is 0.488 e. The second-order valence-electron chi connectivity index (χ2n) is 19.7. The van der Waals surface area contributed by atoms with Crippen LogP contribution in [-0.2, 0) is 38.5 Å². The lowest BCUT2D eigenvalue weighted by atomic mass is 9.80. The molecule has 0 saturated heterocycles. The molecule has 8 aromatic rings. The summed E-state index contributed by atoms with van der Waals surface area (Å²) in [6.45, 7) is 13.3. The lowest BCUT2D eigenvalue weighted by Crippen LogP contribution is -2.29. The van der Waals surface area contributed by atoms with Crippen molar-refractivity contribution < 1.29 is 10.0 Å². The summed E-state index contributed by atoms with van der Waals surface area (Å²) in [7, 11) is -1.40. The molecule has 0 bridgehead atoms. The summed E-state index contributed by atoms with van der Waals surface area (Å²) in [6.07, 6.45) is 18.2. The Morgan fingerprint density at radius 2 is 0.654 bits per heavy atom.